The van der Waals surface area contributed by atoms with Crippen molar-refractivity contribution < 1.29 is 22.7 Å². The van der Waals surface area contributed by atoms with E-state index in [1.807, 2.05) is 37.3 Å². The number of sulfonamides is 1. The number of amides is 2. The molecular weight excluding hydrogens is 576 g/mol. The SMILES string of the molecule is C[C@@H](NC(=O)COc1ccc(/C=N\NC(=O)CN(c2ccccc2Cl)S(=O)(=O)c2ccccc2)cc1)c1ccccc1. The summed E-state index contributed by atoms with van der Waals surface area (Å²) in [5.74, 6) is -0.429. The fourth-order valence-corrected chi connectivity index (χ4v) is 5.67. The van der Waals surface area contributed by atoms with Crippen LogP contribution in [0.2, 0.25) is 5.02 Å². The van der Waals surface area contributed by atoms with Gasteiger partial charge in [-0.2, -0.15) is 5.10 Å². The molecule has 0 aromatic heterocycles. The van der Waals surface area contributed by atoms with Crippen molar-refractivity contribution in [1.82, 2.24) is 10.7 Å². The summed E-state index contributed by atoms with van der Waals surface area (Å²) in [6.45, 7) is 1.21. The van der Waals surface area contributed by atoms with Gasteiger partial charge in [0.2, 0.25) is 0 Å². The standard InChI is InChI=1S/C31H29ClN4O5S/c1-23(25-10-4-2-5-11-25)34-31(38)22-41-26-18-16-24(17-19-26)20-33-35-30(37)21-36(29-15-9-8-14-28(29)32)42(39,40)27-12-6-3-7-13-27/h2-20,23H,21-22H2,1H3,(H,34,38)(H,35,37)/b33-20-/t23-/m1/s1. The Labute approximate surface area is 249 Å². The van der Waals surface area contributed by atoms with Crippen molar-refractivity contribution >= 4 is 45.3 Å². The molecule has 0 aliphatic rings. The number of carbonyl (C=O) groups is 2. The monoisotopic (exact) mass is 604 g/mol. The van der Waals surface area contributed by atoms with Gasteiger partial charge in [0, 0.05) is 0 Å². The molecule has 2 N–H and O–H groups in total. The minimum Gasteiger partial charge on any atom is -0.484 e. The maximum atomic E-state index is 13.4. The van der Waals surface area contributed by atoms with Crippen molar-refractivity contribution in [3.05, 3.63) is 125 Å². The molecule has 0 aliphatic heterocycles. The van der Waals surface area contributed by atoms with E-state index >= 15 is 0 Å². The first-order chi connectivity index (χ1) is 20.2. The summed E-state index contributed by atoms with van der Waals surface area (Å²) in [6, 6.07) is 30.4. The normalized spacial score (nSPS) is 12.0. The van der Waals surface area contributed by atoms with E-state index in [4.69, 9.17) is 16.3 Å². The number of benzene rings is 4. The van der Waals surface area contributed by atoms with E-state index in [0.29, 0.717) is 11.3 Å². The molecular formula is C31H29ClN4O5S. The predicted octanol–water partition coefficient (Wildman–Crippen LogP) is 4.94. The number of hydrazone groups is 1. The summed E-state index contributed by atoms with van der Waals surface area (Å²) in [4.78, 5) is 25.0. The highest BCUT2D eigenvalue weighted by Crippen LogP contribution is 2.30. The fraction of sp³-hybridized carbons (Fsp3) is 0.129. The molecule has 4 rings (SSSR count). The third-order valence-corrected chi connectivity index (χ3v) is 8.16. The van der Waals surface area contributed by atoms with Gasteiger partial charge >= 0.3 is 0 Å². The molecule has 0 fully saturated rings. The molecule has 0 spiro atoms. The van der Waals surface area contributed by atoms with Crippen LogP contribution in [-0.2, 0) is 19.6 Å². The lowest BCUT2D eigenvalue weighted by Gasteiger charge is -2.24. The number of carbonyl (C=O) groups excluding carboxylic acids is 2. The van der Waals surface area contributed by atoms with Crippen LogP contribution in [0.3, 0.4) is 0 Å². The highest BCUT2D eigenvalue weighted by atomic mass is 35.5. The van der Waals surface area contributed by atoms with Crippen molar-refractivity contribution in [1.29, 1.82) is 0 Å². The van der Waals surface area contributed by atoms with Crippen LogP contribution in [-0.4, -0.2) is 39.6 Å². The van der Waals surface area contributed by atoms with Crippen LogP contribution in [0.5, 0.6) is 5.75 Å². The van der Waals surface area contributed by atoms with Crippen molar-refractivity contribution in [2.75, 3.05) is 17.5 Å². The summed E-state index contributed by atoms with van der Waals surface area (Å²) in [5.41, 5.74) is 4.16. The largest absolute Gasteiger partial charge is 0.484 e. The molecule has 0 radical (unpaired) electrons. The van der Waals surface area contributed by atoms with Gasteiger partial charge in [0.05, 0.1) is 27.9 Å². The number of ether oxygens (including phenoxy) is 1. The first kappa shape index (κ1) is 30.3. The molecule has 0 saturated heterocycles. The molecule has 42 heavy (non-hydrogen) atoms. The van der Waals surface area contributed by atoms with E-state index in [9.17, 15) is 18.0 Å². The molecule has 4 aromatic carbocycles. The first-order valence-corrected chi connectivity index (χ1v) is 14.8. The number of nitrogens with zero attached hydrogens (tertiary/aromatic N) is 2. The number of rotatable bonds is 12. The van der Waals surface area contributed by atoms with Crippen molar-refractivity contribution in [2.24, 2.45) is 5.10 Å². The van der Waals surface area contributed by atoms with Gasteiger partial charge in [-0.05, 0) is 66.6 Å². The van der Waals surface area contributed by atoms with Crippen LogP contribution < -0.4 is 19.8 Å². The van der Waals surface area contributed by atoms with Gasteiger partial charge in [0.1, 0.15) is 12.3 Å². The van der Waals surface area contributed by atoms with Gasteiger partial charge in [-0.15, -0.1) is 0 Å². The molecule has 2 amide bonds. The van der Waals surface area contributed by atoms with Crippen molar-refractivity contribution in [3.8, 4) is 5.75 Å². The van der Waals surface area contributed by atoms with Gasteiger partial charge in [-0.25, -0.2) is 13.8 Å². The van der Waals surface area contributed by atoms with E-state index < -0.39 is 22.5 Å². The zero-order valence-corrected chi connectivity index (χ0v) is 24.3. The summed E-state index contributed by atoms with van der Waals surface area (Å²) in [6.07, 6.45) is 1.40. The van der Waals surface area contributed by atoms with E-state index in [0.717, 1.165) is 9.87 Å². The molecule has 1 atom stereocenters. The molecule has 9 nitrogen and oxygen atoms in total. The number of hydrogen-bond donors (Lipinski definition) is 2. The molecule has 0 aliphatic carbocycles. The minimum atomic E-state index is -4.09. The van der Waals surface area contributed by atoms with Crippen LogP contribution in [0.4, 0.5) is 5.69 Å². The Balaban J connectivity index is 1.32. The van der Waals surface area contributed by atoms with E-state index in [2.05, 4.69) is 15.8 Å². The van der Waals surface area contributed by atoms with Crippen LogP contribution in [0.15, 0.2) is 119 Å². The number of halogens is 1. The first-order valence-electron chi connectivity index (χ1n) is 13.0. The van der Waals surface area contributed by atoms with E-state index in [-0.39, 0.29) is 34.2 Å². The van der Waals surface area contributed by atoms with Crippen molar-refractivity contribution in [3.63, 3.8) is 0 Å². The Morgan fingerprint density at radius 3 is 2.17 bits per heavy atom. The molecule has 0 saturated carbocycles. The number of anilines is 1. The molecule has 0 unspecified atom stereocenters. The van der Waals surface area contributed by atoms with Crippen molar-refractivity contribution in [2.45, 2.75) is 17.9 Å². The zero-order valence-electron chi connectivity index (χ0n) is 22.7. The second kappa shape index (κ2) is 14.3. The highest BCUT2D eigenvalue weighted by molar-refractivity contribution is 7.92. The van der Waals surface area contributed by atoms with Gasteiger partial charge < -0.3 is 10.1 Å². The van der Waals surface area contributed by atoms with Crippen LogP contribution in [0.1, 0.15) is 24.1 Å². The van der Waals surface area contributed by atoms with Gasteiger partial charge in [-0.3, -0.25) is 13.9 Å². The molecule has 216 valence electrons. The fourth-order valence-electron chi connectivity index (χ4n) is 3.93. The van der Waals surface area contributed by atoms with E-state index in [1.54, 1.807) is 60.7 Å². The van der Waals surface area contributed by atoms with E-state index in [1.165, 1.54) is 24.4 Å². The summed E-state index contributed by atoms with van der Waals surface area (Å²) >= 11 is 6.28. The quantitative estimate of drug-likeness (QED) is 0.175. The molecule has 0 heterocycles. The Bertz CT molecular complexity index is 1630. The third kappa shape index (κ3) is 8.18. The lowest BCUT2D eigenvalue weighted by molar-refractivity contribution is -0.123. The predicted molar refractivity (Wildman–Crippen MR) is 163 cm³/mol. The Hall–Kier alpha value is -4.67. The summed E-state index contributed by atoms with van der Waals surface area (Å²) in [7, 11) is -4.09. The number of para-hydroxylation sites is 1. The number of hydrogen-bond acceptors (Lipinski definition) is 6. The van der Waals surface area contributed by atoms with Gasteiger partial charge in [0.25, 0.3) is 21.8 Å². The maximum absolute atomic E-state index is 13.4. The van der Waals surface area contributed by atoms with Crippen LogP contribution in [0, 0.1) is 0 Å². The maximum Gasteiger partial charge on any atom is 0.264 e. The topological polar surface area (TPSA) is 117 Å². The summed E-state index contributed by atoms with van der Waals surface area (Å²) < 4.78 is 33.3. The molecule has 4 aromatic rings. The third-order valence-electron chi connectivity index (χ3n) is 6.07. The minimum absolute atomic E-state index is 0.0201. The lowest BCUT2D eigenvalue weighted by atomic mass is 10.1. The van der Waals surface area contributed by atoms with Crippen LogP contribution in [0.25, 0.3) is 0 Å². The molecule has 0 bridgehead atoms. The zero-order chi connectivity index (χ0) is 30.0. The summed E-state index contributed by atoms with van der Waals surface area (Å²) in [5, 5.41) is 7.01. The Morgan fingerprint density at radius 1 is 0.881 bits per heavy atom. The Kier molecular flexibility index (Phi) is 10.3. The second-order valence-corrected chi connectivity index (χ2v) is 11.4. The lowest BCUT2D eigenvalue weighted by Crippen LogP contribution is -2.39. The van der Waals surface area contributed by atoms with Gasteiger partial charge in [0.15, 0.2) is 6.61 Å². The van der Waals surface area contributed by atoms with Gasteiger partial charge in [-0.1, -0.05) is 72.3 Å². The molecule has 11 heteroatoms. The average molecular weight is 605 g/mol. The highest BCUT2D eigenvalue weighted by Gasteiger charge is 2.28. The Morgan fingerprint density at radius 2 is 1.50 bits per heavy atom. The second-order valence-electron chi connectivity index (χ2n) is 9.13. The average Bonchev–Trinajstić information content (AvgIpc) is 3.00. The smallest absolute Gasteiger partial charge is 0.264 e. The number of nitrogens with one attached hydrogen (secondary N) is 2. The van der Waals surface area contributed by atoms with Crippen LogP contribution >= 0.6 is 11.6 Å².